The molecule has 0 bridgehead atoms. The molecule has 1 N–H and O–H groups in total. The molecular weight excluding hydrogens is 272 g/mol. The van der Waals surface area contributed by atoms with Crippen LogP contribution in [0.4, 0.5) is 0 Å². The Labute approximate surface area is 123 Å². The van der Waals surface area contributed by atoms with Crippen LogP contribution in [0.1, 0.15) is 18.4 Å². The van der Waals surface area contributed by atoms with E-state index in [0.717, 1.165) is 42.7 Å². The number of hydrogen-bond acceptors (Lipinski definition) is 4. The summed E-state index contributed by atoms with van der Waals surface area (Å²) in [7, 11) is 1.69. The normalized spacial score (nSPS) is 22.9. The maximum atomic E-state index is 5.44. The second-order valence-corrected chi connectivity index (χ2v) is 6.24. The smallest absolute Gasteiger partial charge is 0.157 e. The Morgan fingerprint density at radius 3 is 3.05 bits per heavy atom. The first-order valence-electron chi connectivity index (χ1n) is 6.96. The van der Waals surface area contributed by atoms with E-state index in [1.54, 1.807) is 7.11 Å². The molecule has 0 aliphatic carbocycles. The largest absolute Gasteiger partial charge is 0.497 e. The summed E-state index contributed by atoms with van der Waals surface area (Å²) in [6.07, 6.45) is 2.16. The average Bonchev–Trinajstić information content (AvgIpc) is 2.89. The highest BCUT2D eigenvalue weighted by Crippen LogP contribution is 2.31. The van der Waals surface area contributed by atoms with E-state index in [2.05, 4.69) is 11.4 Å². The van der Waals surface area contributed by atoms with Crippen molar-refractivity contribution in [3.63, 3.8) is 0 Å². The molecule has 2 heterocycles. The van der Waals surface area contributed by atoms with Gasteiger partial charge in [0.15, 0.2) is 5.17 Å². The van der Waals surface area contributed by atoms with E-state index in [-0.39, 0.29) is 5.54 Å². The minimum atomic E-state index is 0.218. The van der Waals surface area contributed by atoms with Crippen molar-refractivity contribution in [2.75, 3.05) is 26.1 Å². The predicted octanol–water partition coefficient (Wildman–Crippen LogP) is 2.44. The van der Waals surface area contributed by atoms with Crippen LogP contribution >= 0.6 is 11.8 Å². The lowest BCUT2D eigenvalue weighted by molar-refractivity contribution is 0.0555. The highest BCUT2D eigenvalue weighted by atomic mass is 32.2. The van der Waals surface area contributed by atoms with E-state index in [0.29, 0.717) is 6.54 Å². The van der Waals surface area contributed by atoms with E-state index in [1.165, 1.54) is 5.56 Å². The molecule has 0 atom stereocenters. The van der Waals surface area contributed by atoms with Crippen molar-refractivity contribution in [3.8, 4) is 5.75 Å². The monoisotopic (exact) mass is 292 g/mol. The molecule has 20 heavy (non-hydrogen) atoms. The second kappa shape index (κ2) is 6.06. The number of ether oxygens (including phenoxy) is 2. The molecule has 1 aromatic carbocycles. The van der Waals surface area contributed by atoms with E-state index < -0.39 is 0 Å². The van der Waals surface area contributed by atoms with Crippen molar-refractivity contribution in [2.24, 2.45) is 4.99 Å². The maximum Gasteiger partial charge on any atom is 0.157 e. The molecule has 2 aliphatic heterocycles. The lowest BCUT2D eigenvalue weighted by Crippen LogP contribution is -2.48. The predicted molar refractivity (Wildman–Crippen MR) is 82.5 cm³/mol. The number of hydrogen-bond donors (Lipinski definition) is 1. The van der Waals surface area contributed by atoms with E-state index in [4.69, 9.17) is 14.5 Å². The number of nitrogens with zero attached hydrogens (tertiary/aromatic N) is 1. The molecule has 0 saturated carbocycles. The Morgan fingerprint density at radius 2 is 2.25 bits per heavy atom. The minimum absolute atomic E-state index is 0.218. The first kappa shape index (κ1) is 13.8. The number of nitrogens with one attached hydrogen (secondary N) is 1. The fourth-order valence-electron chi connectivity index (χ4n) is 2.56. The zero-order chi connectivity index (χ0) is 13.8. The van der Waals surface area contributed by atoms with Gasteiger partial charge in [-0.2, -0.15) is 0 Å². The van der Waals surface area contributed by atoms with Crippen molar-refractivity contribution in [2.45, 2.75) is 24.9 Å². The van der Waals surface area contributed by atoms with Crippen LogP contribution in [0.25, 0.3) is 0 Å². The molecule has 1 spiro atoms. The Hall–Kier alpha value is -1.20. The maximum absolute atomic E-state index is 5.44. The number of benzene rings is 1. The summed E-state index contributed by atoms with van der Waals surface area (Å²) in [5.74, 6) is 1.99. The van der Waals surface area contributed by atoms with Gasteiger partial charge in [-0.15, -0.1) is 0 Å². The molecule has 2 fully saturated rings. The van der Waals surface area contributed by atoms with Crippen molar-refractivity contribution in [1.29, 1.82) is 0 Å². The van der Waals surface area contributed by atoms with Crippen LogP contribution in [0.5, 0.6) is 5.75 Å². The molecule has 0 unspecified atom stereocenters. The number of rotatable bonds is 3. The van der Waals surface area contributed by atoms with Crippen molar-refractivity contribution in [1.82, 2.24) is 5.32 Å². The Morgan fingerprint density at radius 1 is 1.40 bits per heavy atom. The van der Waals surface area contributed by atoms with Crippen LogP contribution < -0.4 is 10.1 Å². The first-order chi connectivity index (χ1) is 9.80. The molecule has 2 aliphatic rings. The molecule has 108 valence electrons. The Kier molecular flexibility index (Phi) is 4.17. The van der Waals surface area contributed by atoms with Crippen LogP contribution in [-0.4, -0.2) is 36.8 Å². The lowest BCUT2D eigenvalue weighted by Gasteiger charge is -2.32. The van der Waals surface area contributed by atoms with Gasteiger partial charge in [0, 0.05) is 19.0 Å². The van der Waals surface area contributed by atoms with Gasteiger partial charge in [0.05, 0.1) is 19.2 Å². The molecular formula is C15H20N2O2S. The number of methoxy groups -OCH3 is 1. The van der Waals surface area contributed by atoms with Gasteiger partial charge in [-0.3, -0.25) is 4.99 Å². The van der Waals surface area contributed by atoms with Gasteiger partial charge < -0.3 is 14.8 Å². The van der Waals surface area contributed by atoms with E-state index >= 15 is 0 Å². The Bertz CT molecular complexity index is 498. The molecule has 0 amide bonds. The Balaban J connectivity index is 1.62. The second-order valence-electron chi connectivity index (χ2n) is 5.28. The summed E-state index contributed by atoms with van der Waals surface area (Å²) < 4.78 is 10.7. The molecule has 5 heteroatoms. The molecule has 2 saturated heterocycles. The van der Waals surface area contributed by atoms with Crippen molar-refractivity contribution >= 4 is 16.9 Å². The van der Waals surface area contributed by atoms with Gasteiger partial charge in [0.25, 0.3) is 0 Å². The molecule has 1 aromatic rings. The number of aliphatic imine (C=N–C) groups is 1. The molecule has 0 radical (unpaired) electrons. The highest BCUT2D eigenvalue weighted by Gasteiger charge is 2.38. The van der Waals surface area contributed by atoms with Crippen LogP contribution in [0.15, 0.2) is 29.3 Å². The highest BCUT2D eigenvalue weighted by molar-refractivity contribution is 8.14. The van der Waals surface area contributed by atoms with Gasteiger partial charge in [-0.1, -0.05) is 23.9 Å². The topological polar surface area (TPSA) is 42.8 Å². The fourth-order valence-corrected chi connectivity index (χ4v) is 3.77. The molecule has 0 aromatic heterocycles. The summed E-state index contributed by atoms with van der Waals surface area (Å²) in [6.45, 7) is 2.41. The third kappa shape index (κ3) is 3.10. The van der Waals surface area contributed by atoms with Crippen LogP contribution in [0, 0.1) is 0 Å². The zero-order valence-electron chi connectivity index (χ0n) is 11.7. The summed E-state index contributed by atoms with van der Waals surface area (Å²) in [6, 6.07) is 8.07. The third-order valence-electron chi connectivity index (χ3n) is 3.85. The van der Waals surface area contributed by atoms with Gasteiger partial charge >= 0.3 is 0 Å². The third-order valence-corrected chi connectivity index (χ3v) is 5.05. The summed E-state index contributed by atoms with van der Waals surface area (Å²) in [5.41, 5.74) is 1.39. The standard InChI is InChI=1S/C15H20N2O2S/c1-18-13-4-2-3-12(9-13)10-16-14-17-15(11-20-14)5-7-19-8-6-15/h2-4,9H,5-8,10-11H2,1H3,(H,16,17). The van der Waals surface area contributed by atoms with Crippen molar-refractivity contribution < 1.29 is 9.47 Å². The minimum Gasteiger partial charge on any atom is -0.497 e. The van der Waals surface area contributed by atoms with E-state index in [1.807, 2.05) is 30.0 Å². The molecule has 3 rings (SSSR count). The average molecular weight is 292 g/mol. The number of thioether (sulfide) groups is 1. The molecule has 4 nitrogen and oxygen atoms in total. The SMILES string of the molecule is COc1cccc(CN=C2NC3(CCOCC3)CS2)c1. The van der Waals surface area contributed by atoms with Crippen LogP contribution in [-0.2, 0) is 11.3 Å². The van der Waals surface area contributed by atoms with E-state index in [9.17, 15) is 0 Å². The summed E-state index contributed by atoms with van der Waals surface area (Å²) in [4.78, 5) is 4.69. The summed E-state index contributed by atoms with van der Waals surface area (Å²) >= 11 is 1.83. The number of amidine groups is 1. The van der Waals surface area contributed by atoms with Gasteiger partial charge in [-0.25, -0.2) is 0 Å². The van der Waals surface area contributed by atoms with Crippen molar-refractivity contribution in [3.05, 3.63) is 29.8 Å². The van der Waals surface area contributed by atoms with Gasteiger partial charge in [0.2, 0.25) is 0 Å². The van der Waals surface area contributed by atoms with Gasteiger partial charge in [0.1, 0.15) is 5.75 Å². The van der Waals surface area contributed by atoms with Crippen LogP contribution in [0.3, 0.4) is 0 Å². The van der Waals surface area contributed by atoms with Gasteiger partial charge in [-0.05, 0) is 30.5 Å². The quantitative estimate of drug-likeness (QED) is 0.929. The lowest BCUT2D eigenvalue weighted by atomic mass is 9.93. The van der Waals surface area contributed by atoms with Crippen LogP contribution in [0.2, 0.25) is 0 Å². The fraction of sp³-hybridized carbons (Fsp3) is 0.533. The zero-order valence-corrected chi connectivity index (χ0v) is 12.5. The first-order valence-corrected chi connectivity index (χ1v) is 7.94. The summed E-state index contributed by atoms with van der Waals surface area (Å²) in [5, 5.41) is 4.67.